The molecule has 4 rings (SSSR count). The normalized spacial score (nSPS) is 14.5. The fourth-order valence-corrected chi connectivity index (χ4v) is 4.23. The molecule has 2 heterocycles. The van der Waals surface area contributed by atoms with Crippen LogP contribution in [0.25, 0.3) is 5.69 Å². The van der Waals surface area contributed by atoms with E-state index in [9.17, 15) is 14.4 Å². The minimum Gasteiger partial charge on any atom is -0.465 e. The Morgan fingerprint density at radius 3 is 2.48 bits per heavy atom. The zero-order valence-corrected chi connectivity index (χ0v) is 18.7. The van der Waals surface area contributed by atoms with Crippen LogP contribution in [0.15, 0.2) is 60.8 Å². The highest BCUT2D eigenvalue weighted by Gasteiger charge is 2.31. The van der Waals surface area contributed by atoms with E-state index in [2.05, 4.69) is 9.88 Å². The van der Waals surface area contributed by atoms with Gasteiger partial charge in [-0.3, -0.25) is 0 Å². The van der Waals surface area contributed by atoms with E-state index in [-0.39, 0.29) is 22.9 Å². The molecule has 1 aliphatic rings. The first-order valence-corrected chi connectivity index (χ1v) is 10.6. The highest BCUT2D eigenvalue weighted by molar-refractivity contribution is 6.03. The number of nitrogens with one attached hydrogen (secondary N) is 1. The van der Waals surface area contributed by atoms with Gasteiger partial charge in [-0.25, -0.2) is 14.4 Å². The molecule has 1 N–H and O–H groups in total. The summed E-state index contributed by atoms with van der Waals surface area (Å²) in [6.45, 7) is 2.41. The molecule has 1 atom stereocenters. The van der Waals surface area contributed by atoms with Gasteiger partial charge in [-0.05, 0) is 48.4 Å². The molecule has 0 saturated carbocycles. The number of methoxy groups -OCH3 is 2. The fourth-order valence-electron chi connectivity index (χ4n) is 4.23. The lowest BCUT2D eigenvalue weighted by molar-refractivity contribution is 0.0587. The largest absolute Gasteiger partial charge is 0.465 e. The topological polar surface area (TPSA) is 89.9 Å². The third-order valence-electron chi connectivity index (χ3n) is 5.82. The monoisotopic (exact) mass is 447 g/mol. The number of benzene rings is 2. The molecule has 33 heavy (non-hydrogen) atoms. The molecule has 1 aromatic heterocycles. The van der Waals surface area contributed by atoms with Gasteiger partial charge in [0, 0.05) is 11.9 Å². The maximum Gasteiger partial charge on any atom is 0.339 e. The Balaban J connectivity index is 1.74. The van der Waals surface area contributed by atoms with E-state index in [4.69, 9.17) is 9.47 Å². The van der Waals surface area contributed by atoms with E-state index in [0.717, 1.165) is 16.9 Å². The first kappa shape index (κ1) is 22.1. The Bertz CT molecular complexity index is 1220. The van der Waals surface area contributed by atoms with Crippen molar-refractivity contribution in [1.29, 1.82) is 0 Å². The number of rotatable bonds is 4. The predicted octanol–water partition coefficient (Wildman–Crippen LogP) is 4.55. The Kier molecular flexibility index (Phi) is 6.17. The van der Waals surface area contributed by atoms with Crippen LogP contribution in [0.3, 0.4) is 0 Å². The number of ether oxygens (including phenoxy) is 2. The van der Waals surface area contributed by atoms with Gasteiger partial charge in [0.1, 0.15) is 0 Å². The van der Waals surface area contributed by atoms with E-state index in [1.165, 1.54) is 32.4 Å². The lowest BCUT2D eigenvalue weighted by Crippen LogP contribution is -2.37. The maximum atomic E-state index is 13.6. The Morgan fingerprint density at radius 1 is 1.00 bits per heavy atom. The van der Waals surface area contributed by atoms with Crippen molar-refractivity contribution >= 4 is 23.7 Å². The number of esters is 2. The van der Waals surface area contributed by atoms with Crippen LogP contribution in [0.2, 0.25) is 0 Å². The molecular weight excluding hydrogens is 422 g/mol. The Hall–Kier alpha value is -4.07. The number of anilines is 1. The van der Waals surface area contributed by atoms with Gasteiger partial charge >= 0.3 is 18.0 Å². The molecule has 8 nitrogen and oxygen atoms in total. The number of amides is 2. The lowest BCUT2D eigenvalue weighted by Gasteiger charge is -2.30. The number of urea groups is 1. The molecule has 0 unspecified atom stereocenters. The van der Waals surface area contributed by atoms with Crippen LogP contribution in [0.1, 0.15) is 51.4 Å². The number of nitrogens with zero attached hydrogens (tertiary/aromatic N) is 2. The number of carbonyl (C=O) groups excluding carboxylic acids is 3. The van der Waals surface area contributed by atoms with Gasteiger partial charge in [-0.2, -0.15) is 0 Å². The van der Waals surface area contributed by atoms with Gasteiger partial charge < -0.3 is 24.3 Å². The number of fused-ring (bicyclic) bond motifs is 3. The van der Waals surface area contributed by atoms with Crippen LogP contribution in [0.4, 0.5) is 10.5 Å². The maximum absolute atomic E-state index is 13.6. The summed E-state index contributed by atoms with van der Waals surface area (Å²) in [7, 11) is 2.53. The summed E-state index contributed by atoms with van der Waals surface area (Å²) >= 11 is 0. The van der Waals surface area contributed by atoms with Gasteiger partial charge in [0.15, 0.2) is 0 Å². The number of aromatic nitrogens is 1. The van der Waals surface area contributed by atoms with E-state index in [0.29, 0.717) is 13.0 Å². The molecular formula is C25H25N3O5. The van der Waals surface area contributed by atoms with E-state index < -0.39 is 18.0 Å². The van der Waals surface area contributed by atoms with E-state index >= 15 is 0 Å². The van der Waals surface area contributed by atoms with Crippen molar-refractivity contribution in [3.05, 3.63) is 83.2 Å². The van der Waals surface area contributed by atoms with Crippen LogP contribution >= 0.6 is 0 Å². The zero-order valence-electron chi connectivity index (χ0n) is 18.7. The second-order valence-corrected chi connectivity index (χ2v) is 7.66. The molecule has 8 heteroatoms. The minimum absolute atomic E-state index is 0.144. The molecule has 0 bridgehead atoms. The quantitative estimate of drug-likeness (QED) is 0.593. The molecule has 0 radical (unpaired) electrons. The van der Waals surface area contributed by atoms with Gasteiger partial charge in [0.2, 0.25) is 0 Å². The fraction of sp³-hybridized carbons (Fsp3) is 0.240. The van der Waals surface area contributed by atoms with Crippen LogP contribution in [0, 0.1) is 0 Å². The second kappa shape index (κ2) is 9.20. The van der Waals surface area contributed by atoms with Crippen LogP contribution in [0.5, 0.6) is 0 Å². The van der Waals surface area contributed by atoms with Crippen molar-refractivity contribution in [2.45, 2.75) is 25.9 Å². The SMILES string of the molecule is CC[C@H]1c2cccn2-c2ccccc2CN1C(=O)Nc1cc(C(=O)OC)ccc1C(=O)OC. The molecule has 0 spiro atoms. The summed E-state index contributed by atoms with van der Waals surface area (Å²) in [5, 5.41) is 2.83. The highest BCUT2D eigenvalue weighted by Crippen LogP contribution is 2.34. The molecule has 2 aromatic carbocycles. The molecule has 3 aromatic rings. The second-order valence-electron chi connectivity index (χ2n) is 7.66. The van der Waals surface area contributed by atoms with Crippen molar-refractivity contribution in [3.63, 3.8) is 0 Å². The summed E-state index contributed by atoms with van der Waals surface area (Å²) in [6, 6.07) is 15.6. The summed E-state index contributed by atoms with van der Waals surface area (Å²) in [5.41, 5.74) is 3.55. The third-order valence-corrected chi connectivity index (χ3v) is 5.82. The first-order chi connectivity index (χ1) is 16.0. The molecule has 0 aliphatic carbocycles. The molecule has 170 valence electrons. The summed E-state index contributed by atoms with van der Waals surface area (Å²) in [6.07, 6.45) is 2.69. The van der Waals surface area contributed by atoms with Crippen molar-refractivity contribution in [2.75, 3.05) is 19.5 Å². The van der Waals surface area contributed by atoms with Gasteiger partial charge in [-0.1, -0.05) is 25.1 Å². The predicted molar refractivity (Wildman–Crippen MR) is 122 cm³/mol. The first-order valence-electron chi connectivity index (χ1n) is 10.6. The average molecular weight is 447 g/mol. The van der Waals surface area contributed by atoms with Crippen LogP contribution in [-0.4, -0.2) is 41.7 Å². The molecule has 2 amide bonds. The smallest absolute Gasteiger partial charge is 0.339 e. The van der Waals surface area contributed by atoms with Crippen LogP contribution in [-0.2, 0) is 16.0 Å². The molecule has 1 aliphatic heterocycles. The minimum atomic E-state index is -0.621. The number of carbonyl (C=O) groups is 3. The van der Waals surface area contributed by atoms with Gasteiger partial charge in [-0.15, -0.1) is 0 Å². The number of hydrogen-bond acceptors (Lipinski definition) is 5. The average Bonchev–Trinajstić information content (AvgIpc) is 3.27. The van der Waals surface area contributed by atoms with Crippen molar-refractivity contribution in [3.8, 4) is 5.69 Å². The Labute approximate surface area is 191 Å². The highest BCUT2D eigenvalue weighted by atomic mass is 16.5. The summed E-state index contributed by atoms with van der Waals surface area (Å²) < 4.78 is 11.7. The zero-order chi connectivity index (χ0) is 23.5. The van der Waals surface area contributed by atoms with E-state index in [1.807, 2.05) is 49.5 Å². The molecule has 0 fully saturated rings. The van der Waals surface area contributed by atoms with Crippen LogP contribution < -0.4 is 5.32 Å². The van der Waals surface area contributed by atoms with Crippen molar-refractivity contribution in [2.24, 2.45) is 0 Å². The van der Waals surface area contributed by atoms with Crippen molar-refractivity contribution < 1.29 is 23.9 Å². The lowest BCUT2D eigenvalue weighted by atomic mass is 10.1. The standard InChI is InChI=1S/C25H25N3O5/c1-4-20-22-10-7-13-27(22)21-9-6-5-8-17(21)15-28(20)25(31)26-19-14-16(23(29)32-2)11-12-18(19)24(30)33-3/h5-14,20H,4,15H2,1-3H3,(H,26,31)/t20-/m0/s1. The third kappa shape index (κ3) is 4.07. The van der Waals surface area contributed by atoms with Crippen molar-refractivity contribution in [1.82, 2.24) is 9.47 Å². The Morgan fingerprint density at radius 2 is 1.76 bits per heavy atom. The summed E-state index contributed by atoms with van der Waals surface area (Å²) in [5.74, 6) is -1.20. The number of para-hydroxylation sites is 1. The molecule has 0 saturated heterocycles. The number of hydrogen-bond donors (Lipinski definition) is 1. The summed E-state index contributed by atoms with van der Waals surface area (Å²) in [4.78, 5) is 39.7. The van der Waals surface area contributed by atoms with Gasteiger partial charge in [0.25, 0.3) is 0 Å². The van der Waals surface area contributed by atoms with Gasteiger partial charge in [0.05, 0.1) is 49.3 Å². The van der Waals surface area contributed by atoms with E-state index in [1.54, 1.807) is 4.90 Å².